The predicted octanol–water partition coefficient (Wildman–Crippen LogP) is 4.51. The lowest BCUT2D eigenvalue weighted by Crippen LogP contribution is -2.32. The minimum Gasteiger partial charge on any atom is -0.493 e. The number of benzene rings is 3. The van der Waals surface area contributed by atoms with Gasteiger partial charge in [0.15, 0.2) is 18.1 Å². The Labute approximate surface area is 228 Å². The molecular formula is C26H24Cl2N4O6. The molecule has 0 saturated carbocycles. The number of methoxy groups -OCH3 is 1. The fourth-order valence-corrected chi connectivity index (χ4v) is 3.41. The number of nitrogens with one attached hydrogen (secondary N) is 3. The maximum atomic E-state index is 12.3. The summed E-state index contributed by atoms with van der Waals surface area (Å²) in [7, 11) is 1.43. The van der Waals surface area contributed by atoms with Crippen LogP contribution in [0.15, 0.2) is 65.8 Å². The molecule has 0 spiro atoms. The van der Waals surface area contributed by atoms with Crippen molar-refractivity contribution >= 4 is 58.5 Å². The van der Waals surface area contributed by atoms with Crippen molar-refractivity contribution in [1.82, 2.24) is 5.43 Å². The zero-order chi connectivity index (χ0) is 27.5. The topological polar surface area (TPSA) is 127 Å². The molecule has 12 heteroatoms. The highest BCUT2D eigenvalue weighted by Gasteiger charge is 2.15. The Kier molecular flexibility index (Phi) is 10.3. The molecule has 0 aliphatic rings. The Bertz CT molecular complexity index is 1350. The smallest absolute Gasteiger partial charge is 0.329 e. The molecule has 0 heterocycles. The van der Waals surface area contributed by atoms with Gasteiger partial charge >= 0.3 is 11.8 Å². The number of halogens is 2. The molecule has 0 aliphatic carbocycles. The third kappa shape index (κ3) is 7.86. The molecule has 0 atom stereocenters. The van der Waals surface area contributed by atoms with Gasteiger partial charge in [-0.05, 0) is 55.0 Å². The second-order valence-electron chi connectivity index (χ2n) is 7.43. The van der Waals surface area contributed by atoms with Gasteiger partial charge in [-0.2, -0.15) is 5.10 Å². The summed E-state index contributed by atoms with van der Waals surface area (Å²) in [4.78, 5) is 36.6. The summed E-state index contributed by atoms with van der Waals surface area (Å²) < 4.78 is 16.3. The summed E-state index contributed by atoms with van der Waals surface area (Å²) in [6, 6.07) is 16.4. The van der Waals surface area contributed by atoms with E-state index in [1.807, 2.05) is 6.92 Å². The van der Waals surface area contributed by atoms with E-state index >= 15 is 0 Å². The summed E-state index contributed by atoms with van der Waals surface area (Å²) in [5.74, 6) is -1.27. The van der Waals surface area contributed by atoms with Gasteiger partial charge in [-0.15, -0.1) is 0 Å². The van der Waals surface area contributed by atoms with Crippen LogP contribution in [0, 0.1) is 0 Å². The predicted molar refractivity (Wildman–Crippen MR) is 146 cm³/mol. The third-order valence-corrected chi connectivity index (χ3v) is 5.61. The summed E-state index contributed by atoms with van der Waals surface area (Å²) >= 11 is 12.0. The molecule has 3 rings (SSSR count). The van der Waals surface area contributed by atoms with Crippen LogP contribution < -0.4 is 30.3 Å². The van der Waals surface area contributed by atoms with Crippen molar-refractivity contribution in [3.05, 3.63) is 76.3 Å². The largest absolute Gasteiger partial charge is 0.493 e. The SMILES string of the molecule is CCOc1ccccc1NC(=O)C(=O)N/N=C\c1ccc(OCC(=O)Nc2cccc(Cl)c2Cl)c(OC)c1. The van der Waals surface area contributed by atoms with Gasteiger partial charge in [0.2, 0.25) is 0 Å². The van der Waals surface area contributed by atoms with Crippen LogP contribution in [0.3, 0.4) is 0 Å². The molecule has 0 fully saturated rings. The van der Waals surface area contributed by atoms with Crippen molar-refractivity contribution in [2.75, 3.05) is 31.0 Å². The molecule has 0 aliphatic heterocycles. The van der Waals surface area contributed by atoms with Crippen molar-refractivity contribution in [2.24, 2.45) is 5.10 Å². The Morgan fingerprint density at radius 2 is 1.63 bits per heavy atom. The lowest BCUT2D eigenvalue weighted by atomic mass is 10.2. The number of hydrogen-bond acceptors (Lipinski definition) is 7. The van der Waals surface area contributed by atoms with Gasteiger partial charge in [0.05, 0.1) is 41.4 Å². The zero-order valence-electron chi connectivity index (χ0n) is 20.4. The first-order valence-corrected chi connectivity index (χ1v) is 12.0. The molecule has 3 N–H and O–H groups in total. The van der Waals surface area contributed by atoms with Crippen molar-refractivity contribution in [1.29, 1.82) is 0 Å². The van der Waals surface area contributed by atoms with E-state index in [0.717, 1.165) is 0 Å². The number of nitrogens with zero attached hydrogens (tertiary/aromatic N) is 1. The van der Waals surface area contributed by atoms with E-state index in [9.17, 15) is 14.4 Å². The number of anilines is 2. The van der Waals surface area contributed by atoms with Crippen LogP contribution in [0.5, 0.6) is 17.2 Å². The van der Waals surface area contributed by atoms with Crippen molar-refractivity contribution in [3.63, 3.8) is 0 Å². The fraction of sp³-hybridized carbons (Fsp3) is 0.154. The molecule has 0 saturated heterocycles. The van der Waals surface area contributed by atoms with Gasteiger partial charge in [-0.1, -0.05) is 41.4 Å². The van der Waals surface area contributed by atoms with Gasteiger partial charge in [0.1, 0.15) is 5.75 Å². The van der Waals surface area contributed by atoms with Crippen LogP contribution in [0.2, 0.25) is 10.0 Å². The molecule has 38 heavy (non-hydrogen) atoms. The normalized spacial score (nSPS) is 10.5. The first kappa shape index (κ1) is 28.3. The Morgan fingerprint density at radius 1 is 0.868 bits per heavy atom. The van der Waals surface area contributed by atoms with E-state index in [1.54, 1.807) is 60.7 Å². The third-order valence-electron chi connectivity index (χ3n) is 4.79. The van der Waals surface area contributed by atoms with Gasteiger partial charge in [0.25, 0.3) is 5.91 Å². The minimum absolute atomic E-state index is 0.226. The Balaban J connectivity index is 1.55. The van der Waals surface area contributed by atoms with E-state index in [1.165, 1.54) is 13.3 Å². The van der Waals surface area contributed by atoms with Crippen molar-refractivity contribution in [2.45, 2.75) is 6.92 Å². The number of ether oxygens (including phenoxy) is 3. The van der Waals surface area contributed by atoms with Crippen LogP contribution >= 0.6 is 23.2 Å². The monoisotopic (exact) mass is 558 g/mol. The fourth-order valence-electron chi connectivity index (χ4n) is 3.06. The molecule has 198 valence electrons. The molecule has 0 unspecified atom stereocenters. The first-order chi connectivity index (χ1) is 18.3. The van der Waals surface area contributed by atoms with Crippen LogP contribution in [0.1, 0.15) is 12.5 Å². The lowest BCUT2D eigenvalue weighted by molar-refractivity contribution is -0.136. The van der Waals surface area contributed by atoms with E-state index < -0.39 is 17.7 Å². The van der Waals surface area contributed by atoms with Crippen LogP contribution in [-0.4, -0.2) is 44.3 Å². The zero-order valence-corrected chi connectivity index (χ0v) is 21.9. The first-order valence-electron chi connectivity index (χ1n) is 11.2. The Hall–Kier alpha value is -4.28. The quantitative estimate of drug-likeness (QED) is 0.191. The molecule has 0 radical (unpaired) electrons. The van der Waals surface area contributed by atoms with Gasteiger partial charge in [-0.3, -0.25) is 14.4 Å². The highest BCUT2D eigenvalue weighted by molar-refractivity contribution is 6.44. The summed E-state index contributed by atoms with van der Waals surface area (Å²) in [5, 5.41) is 9.44. The van der Waals surface area contributed by atoms with Gasteiger partial charge in [0, 0.05) is 0 Å². The molecule has 0 aromatic heterocycles. The number of rotatable bonds is 10. The number of carbonyl (C=O) groups excluding carboxylic acids is 3. The second kappa shape index (κ2) is 13.9. The number of amides is 3. The minimum atomic E-state index is -0.967. The second-order valence-corrected chi connectivity index (χ2v) is 8.22. The molecule has 10 nitrogen and oxygen atoms in total. The maximum Gasteiger partial charge on any atom is 0.329 e. The van der Waals surface area contributed by atoms with Crippen molar-refractivity contribution < 1.29 is 28.6 Å². The van der Waals surface area contributed by atoms with E-state index in [-0.39, 0.29) is 11.6 Å². The van der Waals surface area contributed by atoms with Gasteiger partial charge in [-0.25, -0.2) is 5.43 Å². The van der Waals surface area contributed by atoms with Crippen LogP contribution in [0.4, 0.5) is 11.4 Å². The van der Waals surface area contributed by atoms with E-state index in [4.69, 9.17) is 37.4 Å². The number of hydrogen-bond donors (Lipinski definition) is 3. The lowest BCUT2D eigenvalue weighted by Gasteiger charge is -2.12. The standard InChI is InChI=1S/C26H24Cl2N4O6/c1-3-37-20-10-5-4-8-18(20)31-25(34)26(35)32-29-14-16-11-12-21(22(13-16)36-2)38-15-23(33)30-19-9-6-7-17(27)24(19)28/h4-14H,3,15H2,1-2H3,(H,30,33)(H,31,34)(H,32,35)/b29-14-. The molecule has 3 aromatic rings. The molecule has 0 bridgehead atoms. The van der Waals surface area contributed by atoms with Crippen LogP contribution in [0.25, 0.3) is 0 Å². The van der Waals surface area contributed by atoms with Crippen molar-refractivity contribution in [3.8, 4) is 17.2 Å². The van der Waals surface area contributed by atoms with Crippen LogP contribution in [-0.2, 0) is 14.4 Å². The number of carbonyl (C=O) groups is 3. The Morgan fingerprint density at radius 3 is 2.39 bits per heavy atom. The summed E-state index contributed by atoms with van der Waals surface area (Å²) in [6.45, 7) is 1.90. The highest BCUT2D eigenvalue weighted by atomic mass is 35.5. The molecule has 3 aromatic carbocycles. The average Bonchev–Trinajstić information content (AvgIpc) is 2.91. The van der Waals surface area contributed by atoms with E-state index in [2.05, 4.69) is 21.2 Å². The maximum absolute atomic E-state index is 12.3. The summed E-state index contributed by atoms with van der Waals surface area (Å²) in [6.07, 6.45) is 1.32. The number of para-hydroxylation sites is 2. The summed E-state index contributed by atoms with van der Waals surface area (Å²) in [5.41, 5.74) is 3.42. The van der Waals surface area contributed by atoms with Gasteiger partial charge < -0.3 is 24.8 Å². The number of hydrazone groups is 1. The molecular weight excluding hydrogens is 535 g/mol. The average molecular weight is 559 g/mol. The van der Waals surface area contributed by atoms with E-state index in [0.29, 0.717) is 45.8 Å². The highest BCUT2D eigenvalue weighted by Crippen LogP contribution is 2.30. The molecule has 3 amide bonds.